The zero-order valence-corrected chi connectivity index (χ0v) is 13.2. The van der Waals surface area contributed by atoms with Crippen molar-refractivity contribution in [3.05, 3.63) is 22.7 Å². The molecule has 1 unspecified atom stereocenters. The molecular weight excluding hydrogens is 340 g/mol. The van der Waals surface area contributed by atoms with Gasteiger partial charge < -0.3 is 20.1 Å². The average Bonchev–Trinajstić information content (AvgIpc) is 2.47. The molecule has 0 radical (unpaired) electrons. The Bertz CT molecular complexity index is 550. The molecule has 21 heavy (non-hydrogen) atoms. The highest BCUT2D eigenvalue weighted by atomic mass is 79.9. The Morgan fingerprint density at radius 3 is 2.86 bits per heavy atom. The number of benzene rings is 1. The van der Waals surface area contributed by atoms with Crippen LogP contribution in [0.3, 0.4) is 0 Å². The van der Waals surface area contributed by atoms with Gasteiger partial charge in [0.1, 0.15) is 11.8 Å². The van der Waals surface area contributed by atoms with Crippen LogP contribution < -0.4 is 10.1 Å². The number of hydrogen-bond donors (Lipinski definition) is 2. The number of halogens is 1. The number of likely N-dealkylation sites (tertiary alicyclic amines) is 1. The maximum absolute atomic E-state index is 12.3. The van der Waals surface area contributed by atoms with Crippen molar-refractivity contribution in [1.29, 1.82) is 0 Å². The molecule has 1 aromatic rings. The molecule has 1 atom stereocenters. The standard InChI is InChI=1S/C14H17BrN2O4/c1-21-12-6-5-9(15)8-10(12)16-14(20)17-7-3-2-4-11(17)13(18)19/h5-6,8,11H,2-4,7H2,1H3,(H,16,20)(H,18,19). The lowest BCUT2D eigenvalue weighted by Crippen LogP contribution is -2.49. The molecular formula is C14H17BrN2O4. The maximum atomic E-state index is 12.3. The lowest BCUT2D eigenvalue weighted by molar-refractivity contribution is -0.143. The fourth-order valence-electron chi connectivity index (χ4n) is 2.40. The molecule has 0 aliphatic carbocycles. The van der Waals surface area contributed by atoms with E-state index in [1.54, 1.807) is 18.2 Å². The van der Waals surface area contributed by atoms with Gasteiger partial charge in [0.2, 0.25) is 0 Å². The van der Waals surface area contributed by atoms with Crippen molar-refractivity contribution < 1.29 is 19.4 Å². The molecule has 2 rings (SSSR count). The van der Waals surface area contributed by atoms with E-state index in [4.69, 9.17) is 4.74 Å². The summed E-state index contributed by atoms with van der Waals surface area (Å²) in [6, 6.07) is 4.06. The van der Waals surface area contributed by atoms with Crippen LogP contribution in [0, 0.1) is 0 Å². The molecule has 1 aliphatic rings. The Labute approximate surface area is 131 Å². The van der Waals surface area contributed by atoms with E-state index < -0.39 is 18.0 Å². The van der Waals surface area contributed by atoms with E-state index in [1.807, 2.05) is 0 Å². The molecule has 7 heteroatoms. The molecule has 0 bridgehead atoms. The van der Waals surface area contributed by atoms with Gasteiger partial charge in [-0.1, -0.05) is 15.9 Å². The van der Waals surface area contributed by atoms with Crippen LogP contribution in [0.1, 0.15) is 19.3 Å². The smallest absolute Gasteiger partial charge is 0.326 e. The number of anilines is 1. The molecule has 1 fully saturated rings. The maximum Gasteiger partial charge on any atom is 0.326 e. The average molecular weight is 357 g/mol. The van der Waals surface area contributed by atoms with Crippen LogP contribution in [0.25, 0.3) is 0 Å². The summed E-state index contributed by atoms with van der Waals surface area (Å²) < 4.78 is 5.99. The Kier molecular flexibility index (Phi) is 5.06. The summed E-state index contributed by atoms with van der Waals surface area (Å²) in [6.07, 6.45) is 2.12. The van der Waals surface area contributed by atoms with Gasteiger partial charge in [-0.25, -0.2) is 9.59 Å². The second kappa shape index (κ2) is 6.80. The van der Waals surface area contributed by atoms with Crippen LogP contribution in [0.5, 0.6) is 5.75 Å². The van der Waals surface area contributed by atoms with E-state index in [2.05, 4.69) is 21.2 Å². The summed E-state index contributed by atoms with van der Waals surface area (Å²) in [6.45, 7) is 0.444. The molecule has 0 spiro atoms. The highest BCUT2D eigenvalue weighted by Crippen LogP contribution is 2.29. The topological polar surface area (TPSA) is 78.9 Å². The number of nitrogens with zero attached hydrogens (tertiary/aromatic N) is 1. The summed E-state index contributed by atoms with van der Waals surface area (Å²) in [4.78, 5) is 25.0. The largest absolute Gasteiger partial charge is 0.495 e. The number of carbonyl (C=O) groups excluding carboxylic acids is 1. The first-order valence-electron chi connectivity index (χ1n) is 6.67. The summed E-state index contributed by atoms with van der Waals surface area (Å²) in [5, 5.41) is 11.9. The van der Waals surface area contributed by atoms with Gasteiger partial charge in [-0.3, -0.25) is 0 Å². The second-order valence-corrected chi connectivity index (χ2v) is 5.73. The Morgan fingerprint density at radius 2 is 2.19 bits per heavy atom. The SMILES string of the molecule is COc1ccc(Br)cc1NC(=O)N1CCCCC1C(=O)O. The molecule has 0 aromatic heterocycles. The van der Waals surface area contributed by atoms with Crippen molar-refractivity contribution in [1.82, 2.24) is 4.90 Å². The number of rotatable bonds is 3. The third kappa shape index (κ3) is 3.66. The van der Waals surface area contributed by atoms with Gasteiger partial charge in [0.15, 0.2) is 0 Å². The quantitative estimate of drug-likeness (QED) is 0.872. The Balaban J connectivity index is 2.16. The predicted molar refractivity (Wildman–Crippen MR) is 81.7 cm³/mol. The van der Waals surface area contributed by atoms with Gasteiger partial charge in [-0.2, -0.15) is 0 Å². The fourth-order valence-corrected chi connectivity index (χ4v) is 2.76. The van der Waals surface area contributed by atoms with Crippen LogP contribution in [0.15, 0.2) is 22.7 Å². The van der Waals surface area contributed by atoms with Crippen LogP contribution >= 0.6 is 15.9 Å². The molecule has 2 N–H and O–H groups in total. The third-order valence-corrected chi connectivity index (χ3v) is 3.95. The minimum absolute atomic E-state index is 0.418. The second-order valence-electron chi connectivity index (χ2n) is 4.82. The molecule has 2 amide bonds. The Morgan fingerprint density at radius 1 is 1.43 bits per heavy atom. The minimum Gasteiger partial charge on any atom is -0.495 e. The van der Waals surface area contributed by atoms with E-state index >= 15 is 0 Å². The number of hydrogen-bond acceptors (Lipinski definition) is 3. The molecule has 0 saturated carbocycles. The van der Waals surface area contributed by atoms with Crippen LogP contribution in [0.2, 0.25) is 0 Å². The molecule has 1 heterocycles. The van der Waals surface area contributed by atoms with Crippen LogP contribution in [0.4, 0.5) is 10.5 Å². The first-order chi connectivity index (χ1) is 10.0. The number of ether oxygens (including phenoxy) is 1. The zero-order chi connectivity index (χ0) is 15.4. The highest BCUT2D eigenvalue weighted by molar-refractivity contribution is 9.10. The first kappa shape index (κ1) is 15.6. The van der Waals surface area contributed by atoms with Gasteiger partial charge in [-0.05, 0) is 37.5 Å². The number of carboxylic acid groups (broad SMARTS) is 1. The molecule has 1 saturated heterocycles. The number of carbonyl (C=O) groups is 2. The number of amides is 2. The number of piperidine rings is 1. The van der Waals surface area contributed by atoms with Gasteiger partial charge in [0.25, 0.3) is 0 Å². The van der Waals surface area contributed by atoms with E-state index in [-0.39, 0.29) is 0 Å². The fraction of sp³-hybridized carbons (Fsp3) is 0.429. The van der Waals surface area contributed by atoms with Crippen molar-refractivity contribution in [3.63, 3.8) is 0 Å². The molecule has 1 aromatic carbocycles. The van der Waals surface area contributed by atoms with Crippen molar-refractivity contribution in [2.45, 2.75) is 25.3 Å². The zero-order valence-electron chi connectivity index (χ0n) is 11.6. The van der Waals surface area contributed by atoms with E-state index in [0.29, 0.717) is 24.4 Å². The van der Waals surface area contributed by atoms with E-state index in [9.17, 15) is 14.7 Å². The molecule has 6 nitrogen and oxygen atoms in total. The van der Waals surface area contributed by atoms with Crippen LogP contribution in [-0.4, -0.2) is 41.7 Å². The number of urea groups is 1. The van der Waals surface area contributed by atoms with E-state index in [1.165, 1.54) is 12.0 Å². The van der Waals surface area contributed by atoms with Crippen molar-refractivity contribution in [2.24, 2.45) is 0 Å². The Hall–Kier alpha value is -1.76. The van der Waals surface area contributed by atoms with Gasteiger partial charge >= 0.3 is 12.0 Å². The predicted octanol–water partition coefficient (Wildman–Crippen LogP) is 2.93. The normalized spacial score (nSPS) is 18.2. The van der Waals surface area contributed by atoms with E-state index in [0.717, 1.165) is 17.3 Å². The minimum atomic E-state index is -0.967. The molecule has 114 valence electrons. The monoisotopic (exact) mass is 356 g/mol. The van der Waals surface area contributed by atoms with Crippen molar-refractivity contribution in [2.75, 3.05) is 19.0 Å². The third-order valence-electron chi connectivity index (χ3n) is 3.45. The summed E-state index contributed by atoms with van der Waals surface area (Å²) in [5.74, 6) is -0.443. The number of nitrogens with one attached hydrogen (secondary N) is 1. The molecule has 1 aliphatic heterocycles. The van der Waals surface area contributed by atoms with Gasteiger partial charge in [0, 0.05) is 11.0 Å². The summed E-state index contributed by atoms with van der Waals surface area (Å²) in [5.41, 5.74) is 0.506. The van der Waals surface area contributed by atoms with Crippen molar-refractivity contribution in [3.8, 4) is 5.75 Å². The first-order valence-corrected chi connectivity index (χ1v) is 7.46. The number of methoxy groups -OCH3 is 1. The van der Waals surface area contributed by atoms with Gasteiger partial charge in [-0.15, -0.1) is 0 Å². The lowest BCUT2D eigenvalue weighted by atomic mass is 10.0. The van der Waals surface area contributed by atoms with Crippen LogP contribution in [-0.2, 0) is 4.79 Å². The van der Waals surface area contributed by atoms with Gasteiger partial charge in [0.05, 0.1) is 12.8 Å². The van der Waals surface area contributed by atoms with Crippen molar-refractivity contribution >= 4 is 33.6 Å². The lowest BCUT2D eigenvalue weighted by Gasteiger charge is -2.33. The number of aliphatic carboxylic acids is 1. The summed E-state index contributed by atoms with van der Waals surface area (Å²) in [7, 11) is 1.51. The number of carboxylic acids is 1. The highest BCUT2D eigenvalue weighted by Gasteiger charge is 2.32. The summed E-state index contributed by atoms with van der Waals surface area (Å²) >= 11 is 3.33.